The number of rotatable bonds is 9. The molecule has 1 atom stereocenters. The standard InChI is InChI=1S/C17H22N4O3S/c1-3-4-12-5-8-15(16(9-12)23-2)24-10-14(22)11-25-17-18-19-20-21(17)13-6-7-13/h3-5,8-9,13-14,22H,6-7,10-11H2,1-2H3/b4-3+. The third kappa shape index (κ3) is 4.73. The molecule has 25 heavy (non-hydrogen) atoms. The number of benzene rings is 1. The van der Waals surface area contributed by atoms with Gasteiger partial charge in [-0.25, -0.2) is 4.68 Å². The van der Waals surface area contributed by atoms with Crippen molar-refractivity contribution in [1.29, 1.82) is 0 Å². The highest BCUT2D eigenvalue weighted by atomic mass is 32.2. The van der Waals surface area contributed by atoms with Gasteiger partial charge < -0.3 is 14.6 Å². The first-order chi connectivity index (χ1) is 12.2. The van der Waals surface area contributed by atoms with Crippen molar-refractivity contribution in [3.05, 3.63) is 29.8 Å². The van der Waals surface area contributed by atoms with Crippen LogP contribution in [0, 0.1) is 0 Å². The molecule has 8 heteroatoms. The Labute approximate surface area is 151 Å². The fourth-order valence-corrected chi connectivity index (χ4v) is 3.18. The third-order valence-electron chi connectivity index (χ3n) is 3.74. The predicted molar refractivity (Wildman–Crippen MR) is 96.0 cm³/mol. The monoisotopic (exact) mass is 362 g/mol. The maximum absolute atomic E-state index is 10.2. The molecule has 2 aromatic rings. The van der Waals surface area contributed by atoms with Crippen LogP contribution in [0.5, 0.6) is 11.5 Å². The molecule has 1 N–H and O–H groups in total. The summed E-state index contributed by atoms with van der Waals surface area (Å²) in [5.41, 5.74) is 1.04. The molecule has 3 rings (SSSR count). The number of allylic oxidation sites excluding steroid dienone is 1. The Balaban J connectivity index is 1.51. The van der Waals surface area contributed by atoms with Gasteiger partial charge in [0.15, 0.2) is 11.5 Å². The van der Waals surface area contributed by atoms with E-state index >= 15 is 0 Å². The van der Waals surface area contributed by atoms with Crippen molar-refractivity contribution in [1.82, 2.24) is 20.2 Å². The second-order valence-electron chi connectivity index (χ2n) is 5.82. The number of methoxy groups -OCH3 is 1. The molecule has 1 fully saturated rings. The molecular formula is C17H22N4O3S. The van der Waals surface area contributed by atoms with Gasteiger partial charge in [-0.15, -0.1) is 5.10 Å². The minimum Gasteiger partial charge on any atom is -0.493 e. The molecule has 134 valence electrons. The number of ether oxygens (including phenoxy) is 2. The van der Waals surface area contributed by atoms with Crippen LogP contribution < -0.4 is 9.47 Å². The van der Waals surface area contributed by atoms with Crippen molar-refractivity contribution < 1.29 is 14.6 Å². The molecule has 0 amide bonds. The van der Waals surface area contributed by atoms with Crippen LogP contribution in [0.3, 0.4) is 0 Å². The molecule has 1 unspecified atom stereocenters. The summed E-state index contributed by atoms with van der Waals surface area (Å²) in [7, 11) is 1.60. The van der Waals surface area contributed by atoms with Gasteiger partial charge in [0.1, 0.15) is 6.61 Å². The van der Waals surface area contributed by atoms with Crippen LogP contribution in [0.1, 0.15) is 31.4 Å². The quantitative estimate of drug-likeness (QED) is 0.687. The zero-order valence-electron chi connectivity index (χ0n) is 14.3. The summed E-state index contributed by atoms with van der Waals surface area (Å²) in [4.78, 5) is 0. The average Bonchev–Trinajstić information content (AvgIpc) is 3.36. The van der Waals surface area contributed by atoms with Gasteiger partial charge in [-0.2, -0.15) is 0 Å². The topological polar surface area (TPSA) is 82.3 Å². The van der Waals surface area contributed by atoms with Crippen LogP contribution in [0.2, 0.25) is 0 Å². The lowest BCUT2D eigenvalue weighted by atomic mass is 10.2. The normalized spacial score (nSPS) is 15.5. The number of aliphatic hydroxyl groups excluding tert-OH is 1. The molecule has 0 aliphatic heterocycles. The zero-order valence-corrected chi connectivity index (χ0v) is 15.1. The second-order valence-corrected chi connectivity index (χ2v) is 6.81. The smallest absolute Gasteiger partial charge is 0.209 e. The number of thioether (sulfide) groups is 1. The van der Waals surface area contributed by atoms with E-state index in [9.17, 15) is 5.11 Å². The summed E-state index contributed by atoms with van der Waals surface area (Å²) in [6.45, 7) is 2.14. The van der Waals surface area contributed by atoms with E-state index in [0.29, 0.717) is 23.3 Å². The minimum atomic E-state index is -0.630. The molecule has 1 heterocycles. The van der Waals surface area contributed by atoms with E-state index in [1.807, 2.05) is 42.0 Å². The molecular weight excluding hydrogens is 340 g/mol. The minimum absolute atomic E-state index is 0.178. The lowest BCUT2D eigenvalue weighted by Crippen LogP contribution is -2.20. The maximum Gasteiger partial charge on any atom is 0.209 e. The van der Waals surface area contributed by atoms with Crippen molar-refractivity contribution in [3.8, 4) is 11.5 Å². The van der Waals surface area contributed by atoms with Crippen molar-refractivity contribution in [2.75, 3.05) is 19.5 Å². The number of aliphatic hydroxyl groups is 1. The van der Waals surface area contributed by atoms with Crippen molar-refractivity contribution in [2.45, 2.75) is 37.1 Å². The van der Waals surface area contributed by atoms with Gasteiger partial charge in [-0.3, -0.25) is 0 Å². The Hall–Kier alpha value is -2.06. The molecule has 1 aliphatic rings. The Bertz CT molecular complexity index is 730. The van der Waals surface area contributed by atoms with E-state index < -0.39 is 6.10 Å². The summed E-state index contributed by atoms with van der Waals surface area (Å²) >= 11 is 1.44. The molecule has 0 spiro atoms. The predicted octanol–water partition coefficient (Wildman–Crippen LogP) is 2.58. The maximum atomic E-state index is 10.2. The SMILES string of the molecule is C/C=C/c1ccc(OCC(O)CSc2nnnn2C2CC2)c(OC)c1. The third-order valence-corrected chi connectivity index (χ3v) is 4.82. The largest absolute Gasteiger partial charge is 0.493 e. The van der Waals surface area contributed by atoms with E-state index in [4.69, 9.17) is 9.47 Å². The molecule has 1 aromatic heterocycles. The highest BCUT2D eigenvalue weighted by Gasteiger charge is 2.28. The van der Waals surface area contributed by atoms with E-state index in [2.05, 4.69) is 15.5 Å². The van der Waals surface area contributed by atoms with Crippen LogP contribution in [0.4, 0.5) is 0 Å². The lowest BCUT2D eigenvalue weighted by molar-refractivity contribution is 0.124. The van der Waals surface area contributed by atoms with Crippen molar-refractivity contribution in [3.63, 3.8) is 0 Å². The van der Waals surface area contributed by atoms with Crippen molar-refractivity contribution in [2.24, 2.45) is 0 Å². The second kappa shape index (κ2) is 8.35. The molecule has 7 nitrogen and oxygen atoms in total. The fraction of sp³-hybridized carbons (Fsp3) is 0.471. The molecule has 1 saturated carbocycles. The van der Waals surface area contributed by atoms with Gasteiger partial charge in [0.2, 0.25) is 5.16 Å². The summed E-state index contributed by atoms with van der Waals surface area (Å²) in [6, 6.07) is 6.12. The zero-order chi connectivity index (χ0) is 17.6. The first-order valence-corrected chi connectivity index (χ1v) is 9.22. The van der Waals surface area contributed by atoms with Crippen LogP contribution in [-0.2, 0) is 0 Å². The van der Waals surface area contributed by atoms with Gasteiger partial charge >= 0.3 is 0 Å². The average molecular weight is 362 g/mol. The fourth-order valence-electron chi connectivity index (χ4n) is 2.33. The van der Waals surface area contributed by atoms with E-state index in [1.54, 1.807) is 7.11 Å². The number of tetrazole rings is 1. The van der Waals surface area contributed by atoms with Crippen molar-refractivity contribution >= 4 is 17.8 Å². The van der Waals surface area contributed by atoms with Gasteiger partial charge in [-0.05, 0) is 47.9 Å². The van der Waals surface area contributed by atoms with Gasteiger partial charge in [0, 0.05) is 5.75 Å². The number of nitrogens with zero attached hydrogens (tertiary/aromatic N) is 4. The summed E-state index contributed by atoms with van der Waals surface area (Å²) in [5.74, 6) is 1.72. The van der Waals surface area contributed by atoms with E-state index in [0.717, 1.165) is 23.6 Å². The highest BCUT2D eigenvalue weighted by Crippen LogP contribution is 2.36. The summed E-state index contributed by atoms with van der Waals surface area (Å²) in [6.07, 6.45) is 5.56. The Morgan fingerprint density at radius 2 is 2.24 bits per heavy atom. The molecule has 0 radical (unpaired) electrons. The summed E-state index contributed by atoms with van der Waals surface area (Å²) in [5, 5.41) is 22.6. The highest BCUT2D eigenvalue weighted by molar-refractivity contribution is 7.99. The lowest BCUT2D eigenvalue weighted by Gasteiger charge is -2.14. The van der Waals surface area contributed by atoms with Gasteiger partial charge in [0.05, 0.1) is 19.3 Å². The number of hydrogen-bond donors (Lipinski definition) is 1. The Kier molecular flexibility index (Phi) is 5.93. The van der Waals surface area contributed by atoms with E-state index in [-0.39, 0.29) is 6.61 Å². The molecule has 0 bridgehead atoms. The number of aromatic nitrogens is 4. The first kappa shape index (κ1) is 17.8. The molecule has 0 saturated heterocycles. The van der Waals surface area contributed by atoms with Crippen LogP contribution >= 0.6 is 11.8 Å². The van der Waals surface area contributed by atoms with Crippen LogP contribution in [0.25, 0.3) is 6.08 Å². The molecule has 1 aromatic carbocycles. The number of hydrogen-bond acceptors (Lipinski definition) is 7. The van der Waals surface area contributed by atoms with E-state index in [1.165, 1.54) is 11.8 Å². The van der Waals surface area contributed by atoms with Crippen LogP contribution in [0.15, 0.2) is 29.4 Å². The van der Waals surface area contributed by atoms with Gasteiger partial charge in [-0.1, -0.05) is 30.0 Å². The Morgan fingerprint density at radius 1 is 1.40 bits per heavy atom. The Morgan fingerprint density at radius 3 is 2.96 bits per heavy atom. The van der Waals surface area contributed by atoms with Gasteiger partial charge in [0.25, 0.3) is 0 Å². The first-order valence-electron chi connectivity index (χ1n) is 8.23. The molecule has 1 aliphatic carbocycles. The van der Waals surface area contributed by atoms with Crippen LogP contribution in [-0.4, -0.2) is 50.9 Å². The summed E-state index contributed by atoms with van der Waals surface area (Å²) < 4.78 is 12.9.